The van der Waals surface area contributed by atoms with E-state index in [1.54, 1.807) is 4.90 Å². The number of piperazine rings is 1. The number of aromatic nitrogens is 1. The molecule has 1 aliphatic heterocycles. The minimum absolute atomic E-state index is 0.123. The van der Waals surface area contributed by atoms with Gasteiger partial charge in [0.15, 0.2) is 0 Å². The van der Waals surface area contributed by atoms with Gasteiger partial charge >= 0.3 is 6.18 Å². The standard InChI is InChI=1S/C44H47F3N4O2/c1-2-3-5-10-33-15-17-36(18-16-33)32-51(42(52)24-21-34-19-22-38(23-20-34)44(45,46)47)41(29-37-30-48-40-14-9-8-13-39(37)40)43(53)50-27-25-49(26-28-50)31-35-11-6-4-7-12-35/h4,6-9,11-24,30,41,48H,2-3,5,10,25-29,31-32H2,1H3/b24-21+/t41-/m0/s1. The third kappa shape index (κ3) is 10.0. The van der Waals surface area contributed by atoms with E-state index in [4.69, 9.17) is 0 Å². The van der Waals surface area contributed by atoms with Crippen molar-refractivity contribution in [2.24, 2.45) is 0 Å². The van der Waals surface area contributed by atoms with Gasteiger partial charge in [-0.2, -0.15) is 13.2 Å². The van der Waals surface area contributed by atoms with E-state index in [9.17, 15) is 22.8 Å². The molecule has 9 heteroatoms. The highest BCUT2D eigenvalue weighted by Crippen LogP contribution is 2.29. The van der Waals surface area contributed by atoms with Gasteiger partial charge in [-0.25, -0.2) is 0 Å². The van der Waals surface area contributed by atoms with Gasteiger partial charge in [-0.05, 0) is 64.9 Å². The number of nitrogens with one attached hydrogen (secondary N) is 1. The zero-order chi connectivity index (χ0) is 37.2. The average Bonchev–Trinajstić information content (AvgIpc) is 3.59. The fraction of sp³-hybridized carbons (Fsp3) is 0.318. The number of benzene rings is 4. The summed E-state index contributed by atoms with van der Waals surface area (Å²) in [6, 6.07) is 30.3. The molecular weight excluding hydrogens is 674 g/mol. The minimum atomic E-state index is -4.45. The molecule has 1 N–H and O–H groups in total. The maximum Gasteiger partial charge on any atom is 0.416 e. The molecule has 2 heterocycles. The van der Waals surface area contributed by atoms with Crippen LogP contribution in [-0.2, 0) is 41.7 Å². The van der Waals surface area contributed by atoms with E-state index < -0.39 is 23.7 Å². The molecule has 0 radical (unpaired) electrons. The molecule has 276 valence electrons. The number of hydrogen-bond acceptors (Lipinski definition) is 3. The van der Waals surface area contributed by atoms with E-state index in [2.05, 4.69) is 41.1 Å². The van der Waals surface area contributed by atoms with Gasteiger partial charge in [0.1, 0.15) is 6.04 Å². The Kier molecular flexibility index (Phi) is 12.5. The number of carbonyl (C=O) groups excluding carboxylic acids is 2. The van der Waals surface area contributed by atoms with Gasteiger partial charge in [-0.1, -0.05) is 105 Å². The number of hydrogen-bond donors (Lipinski definition) is 1. The first kappa shape index (κ1) is 37.6. The molecule has 2 amide bonds. The van der Waals surface area contributed by atoms with Crippen molar-refractivity contribution >= 4 is 28.8 Å². The molecule has 1 saturated heterocycles. The molecular formula is C44H47F3N4O2. The quantitative estimate of drug-likeness (QED) is 0.0921. The second-order valence-electron chi connectivity index (χ2n) is 13.9. The summed E-state index contributed by atoms with van der Waals surface area (Å²) in [5.41, 5.74) is 4.91. The zero-order valence-electron chi connectivity index (χ0n) is 30.2. The van der Waals surface area contributed by atoms with Crippen LogP contribution in [0.5, 0.6) is 0 Å². The van der Waals surface area contributed by atoms with Crippen molar-refractivity contribution in [3.05, 3.63) is 149 Å². The molecule has 53 heavy (non-hydrogen) atoms. The molecule has 1 atom stereocenters. The number of H-pyrrole nitrogens is 1. The van der Waals surface area contributed by atoms with Crippen molar-refractivity contribution in [3.63, 3.8) is 0 Å². The van der Waals surface area contributed by atoms with Crippen LogP contribution in [-0.4, -0.2) is 63.7 Å². The van der Waals surface area contributed by atoms with Crippen molar-refractivity contribution in [1.29, 1.82) is 0 Å². The van der Waals surface area contributed by atoms with E-state index in [0.29, 0.717) is 38.2 Å². The van der Waals surface area contributed by atoms with Gasteiger partial charge in [-0.15, -0.1) is 0 Å². The molecule has 0 unspecified atom stereocenters. The van der Waals surface area contributed by atoms with Crippen LogP contribution in [0, 0.1) is 0 Å². The number of carbonyl (C=O) groups is 2. The number of alkyl halides is 3. The number of nitrogens with zero attached hydrogens (tertiary/aromatic N) is 3. The van der Waals surface area contributed by atoms with Crippen LogP contribution in [0.4, 0.5) is 13.2 Å². The van der Waals surface area contributed by atoms with E-state index in [-0.39, 0.29) is 12.5 Å². The Balaban J connectivity index is 1.30. The Hall–Kier alpha value is -5.15. The van der Waals surface area contributed by atoms with Gasteiger partial charge in [0, 0.05) is 68.9 Å². The summed E-state index contributed by atoms with van der Waals surface area (Å²) in [5.74, 6) is -0.514. The number of para-hydroxylation sites is 1. The normalized spacial score (nSPS) is 14.5. The summed E-state index contributed by atoms with van der Waals surface area (Å²) in [6.07, 6.45) is 5.02. The van der Waals surface area contributed by atoms with Crippen LogP contribution in [0.1, 0.15) is 59.6 Å². The summed E-state index contributed by atoms with van der Waals surface area (Å²) in [6.45, 7) is 5.66. The van der Waals surface area contributed by atoms with Crippen LogP contribution in [0.3, 0.4) is 0 Å². The van der Waals surface area contributed by atoms with Gasteiger partial charge < -0.3 is 14.8 Å². The highest BCUT2D eigenvalue weighted by Gasteiger charge is 2.35. The molecule has 1 aliphatic rings. The summed E-state index contributed by atoms with van der Waals surface area (Å²) in [7, 11) is 0. The van der Waals surface area contributed by atoms with Crippen molar-refractivity contribution in [3.8, 4) is 0 Å². The maximum atomic E-state index is 14.7. The molecule has 0 spiro atoms. The average molecular weight is 721 g/mol. The number of aromatic amines is 1. The van der Waals surface area contributed by atoms with E-state index >= 15 is 0 Å². The zero-order valence-corrected chi connectivity index (χ0v) is 30.2. The van der Waals surface area contributed by atoms with Gasteiger partial charge in [0.05, 0.1) is 5.56 Å². The molecule has 0 aliphatic carbocycles. The molecule has 0 bridgehead atoms. The van der Waals surface area contributed by atoms with Crippen LogP contribution < -0.4 is 0 Å². The Morgan fingerprint density at radius 3 is 2.19 bits per heavy atom. The second-order valence-corrected chi connectivity index (χ2v) is 13.9. The smallest absolute Gasteiger partial charge is 0.361 e. The molecule has 6 rings (SSSR count). The highest BCUT2D eigenvalue weighted by molar-refractivity contribution is 5.96. The lowest BCUT2D eigenvalue weighted by Gasteiger charge is -2.39. The first-order chi connectivity index (χ1) is 25.7. The number of amides is 2. The Bertz CT molecular complexity index is 1960. The van der Waals surface area contributed by atoms with Crippen molar-refractivity contribution in [2.75, 3.05) is 26.2 Å². The SMILES string of the molecule is CCCCCc1ccc(CN(C(=O)/C=C/c2ccc(C(F)(F)F)cc2)[C@@H](Cc2c[nH]c3ccccc23)C(=O)N2CCN(Cc3ccccc3)CC2)cc1. The maximum absolute atomic E-state index is 14.7. The summed E-state index contributed by atoms with van der Waals surface area (Å²) >= 11 is 0. The molecule has 4 aromatic carbocycles. The first-order valence-electron chi connectivity index (χ1n) is 18.5. The number of fused-ring (bicyclic) bond motifs is 1. The highest BCUT2D eigenvalue weighted by atomic mass is 19.4. The van der Waals surface area contributed by atoms with Crippen LogP contribution in [0.2, 0.25) is 0 Å². The lowest BCUT2D eigenvalue weighted by atomic mass is 10.00. The van der Waals surface area contributed by atoms with E-state index in [1.807, 2.05) is 65.7 Å². The van der Waals surface area contributed by atoms with Crippen LogP contribution in [0.25, 0.3) is 17.0 Å². The Morgan fingerprint density at radius 2 is 1.49 bits per heavy atom. The minimum Gasteiger partial charge on any atom is -0.361 e. The monoisotopic (exact) mass is 720 g/mol. The third-order valence-corrected chi connectivity index (χ3v) is 10.1. The van der Waals surface area contributed by atoms with Crippen LogP contribution >= 0.6 is 0 Å². The number of aryl methyl sites for hydroxylation is 1. The van der Waals surface area contributed by atoms with Crippen LogP contribution in [0.15, 0.2) is 115 Å². The summed E-state index contributed by atoms with van der Waals surface area (Å²) < 4.78 is 39.7. The molecule has 1 aromatic heterocycles. The predicted octanol–water partition coefficient (Wildman–Crippen LogP) is 8.92. The number of rotatable bonds is 14. The third-order valence-electron chi connectivity index (χ3n) is 10.1. The van der Waals surface area contributed by atoms with Crippen molar-refractivity contribution in [1.82, 2.24) is 19.7 Å². The first-order valence-corrected chi connectivity index (χ1v) is 18.5. The molecule has 1 fully saturated rings. The topological polar surface area (TPSA) is 59.7 Å². The molecule has 5 aromatic rings. The molecule has 0 saturated carbocycles. The van der Waals surface area contributed by atoms with E-state index in [1.165, 1.54) is 35.4 Å². The Labute approximate surface area is 309 Å². The van der Waals surface area contributed by atoms with Gasteiger partial charge in [0.25, 0.3) is 0 Å². The number of halogens is 3. The van der Waals surface area contributed by atoms with Crippen molar-refractivity contribution < 1.29 is 22.8 Å². The predicted molar refractivity (Wildman–Crippen MR) is 205 cm³/mol. The van der Waals surface area contributed by atoms with Gasteiger partial charge in [0.2, 0.25) is 11.8 Å². The molecule has 6 nitrogen and oxygen atoms in total. The fourth-order valence-electron chi connectivity index (χ4n) is 6.99. The van der Waals surface area contributed by atoms with E-state index in [0.717, 1.165) is 66.4 Å². The second kappa shape index (κ2) is 17.6. The Morgan fingerprint density at radius 1 is 0.811 bits per heavy atom. The fourth-order valence-corrected chi connectivity index (χ4v) is 6.99. The largest absolute Gasteiger partial charge is 0.416 e. The lowest BCUT2D eigenvalue weighted by Crippen LogP contribution is -2.56. The summed E-state index contributed by atoms with van der Waals surface area (Å²) in [5, 5.41) is 0.988. The van der Waals surface area contributed by atoms with Gasteiger partial charge in [-0.3, -0.25) is 14.5 Å². The number of unbranched alkanes of at least 4 members (excludes halogenated alkanes) is 2. The van der Waals surface area contributed by atoms with Crippen molar-refractivity contribution in [2.45, 2.75) is 64.3 Å². The lowest BCUT2D eigenvalue weighted by molar-refractivity contribution is -0.145. The summed E-state index contributed by atoms with van der Waals surface area (Å²) in [4.78, 5) is 38.2.